The number of ether oxygens (including phenoxy) is 1. The minimum atomic E-state index is 0.0274. The minimum absolute atomic E-state index is 0.0274. The average Bonchev–Trinajstić information content (AvgIpc) is 2.50. The molecule has 1 amide bonds. The number of hydrogen-bond donors (Lipinski definition) is 1. The second-order valence-corrected chi connectivity index (χ2v) is 5.09. The number of benzene rings is 1. The van der Waals surface area contributed by atoms with E-state index in [1.54, 1.807) is 0 Å². The maximum atomic E-state index is 12.4. The number of carbonyl (C=O) groups excluding carboxylic acids is 1. The lowest BCUT2D eigenvalue weighted by Gasteiger charge is -2.37. The Kier molecular flexibility index (Phi) is 5.56. The Morgan fingerprint density at radius 1 is 1.45 bits per heavy atom. The molecular formula is C16H24N2O2. The van der Waals surface area contributed by atoms with Crippen LogP contribution in [0.15, 0.2) is 24.3 Å². The predicted octanol–water partition coefficient (Wildman–Crippen LogP) is 1.89. The first-order valence-electron chi connectivity index (χ1n) is 7.43. The molecule has 0 aromatic heterocycles. The summed E-state index contributed by atoms with van der Waals surface area (Å²) in [7, 11) is 0. The van der Waals surface area contributed by atoms with Crippen LogP contribution in [0.3, 0.4) is 0 Å². The van der Waals surface area contributed by atoms with Crippen LogP contribution < -0.4 is 5.73 Å². The van der Waals surface area contributed by atoms with Gasteiger partial charge in [-0.3, -0.25) is 4.79 Å². The lowest BCUT2D eigenvalue weighted by molar-refractivity contribution is -0.134. The molecule has 1 unspecified atom stereocenters. The second kappa shape index (κ2) is 7.41. The fourth-order valence-corrected chi connectivity index (χ4v) is 2.82. The lowest BCUT2D eigenvalue weighted by Crippen LogP contribution is -2.43. The van der Waals surface area contributed by atoms with E-state index in [0.29, 0.717) is 26.2 Å². The van der Waals surface area contributed by atoms with E-state index in [-0.39, 0.29) is 11.9 Å². The van der Waals surface area contributed by atoms with Crippen LogP contribution >= 0.6 is 0 Å². The summed E-state index contributed by atoms with van der Waals surface area (Å²) >= 11 is 0. The highest BCUT2D eigenvalue weighted by Gasteiger charge is 2.28. The lowest BCUT2D eigenvalue weighted by atomic mass is 9.92. The summed E-state index contributed by atoms with van der Waals surface area (Å²) < 4.78 is 5.29. The van der Waals surface area contributed by atoms with Crippen molar-refractivity contribution in [3.05, 3.63) is 35.4 Å². The van der Waals surface area contributed by atoms with Gasteiger partial charge in [0.1, 0.15) is 0 Å². The van der Waals surface area contributed by atoms with Crippen molar-refractivity contribution < 1.29 is 9.53 Å². The third-order valence-corrected chi connectivity index (χ3v) is 3.84. The molecule has 0 fully saturated rings. The molecule has 4 heteroatoms. The van der Waals surface area contributed by atoms with E-state index in [2.05, 4.69) is 12.1 Å². The van der Waals surface area contributed by atoms with Crippen LogP contribution in [0.4, 0.5) is 0 Å². The summed E-state index contributed by atoms with van der Waals surface area (Å²) in [6.07, 6.45) is 2.24. The van der Waals surface area contributed by atoms with E-state index in [0.717, 1.165) is 19.4 Å². The third kappa shape index (κ3) is 3.38. The summed E-state index contributed by atoms with van der Waals surface area (Å²) in [5, 5.41) is 0. The van der Waals surface area contributed by atoms with Crippen molar-refractivity contribution in [1.82, 2.24) is 4.90 Å². The van der Waals surface area contributed by atoms with Crippen LogP contribution in [0.2, 0.25) is 0 Å². The van der Waals surface area contributed by atoms with Gasteiger partial charge in [0.15, 0.2) is 0 Å². The van der Waals surface area contributed by atoms with Crippen molar-refractivity contribution in [2.45, 2.75) is 32.2 Å². The monoisotopic (exact) mass is 276 g/mol. The Hall–Kier alpha value is -1.39. The number of nitrogens with zero attached hydrogens (tertiary/aromatic N) is 1. The van der Waals surface area contributed by atoms with Crippen LogP contribution in [-0.4, -0.2) is 37.1 Å². The number of carbonyl (C=O) groups is 1. The van der Waals surface area contributed by atoms with Gasteiger partial charge in [-0.1, -0.05) is 24.3 Å². The molecule has 0 saturated heterocycles. The smallest absolute Gasteiger partial charge is 0.223 e. The zero-order valence-corrected chi connectivity index (χ0v) is 12.2. The van der Waals surface area contributed by atoms with Gasteiger partial charge < -0.3 is 15.4 Å². The molecule has 0 bridgehead atoms. The molecule has 2 N–H and O–H groups in total. The predicted molar refractivity (Wildman–Crippen MR) is 79.4 cm³/mol. The molecule has 0 spiro atoms. The highest BCUT2D eigenvalue weighted by atomic mass is 16.5. The summed E-state index contributed by atoms with van der Waals surface area (Å²) in [5.41, 5.74) is 8.43. The van der Waals surface area contributed by atoms with Gasteiger partial charge in [-0.05, 0) is 30.9 Å². The van der Waals surface area contributed by atoms with Crippen LogP contribution in [-0.2, 0) is 16.0 Å². The Morgan fingerprint density at radius 2 is 2.25 bits per heavy atom. The van der Waals surface area contributed by atoms with Gasteiger partial charge in [0.05, 0.1) is 6.04 Å². The quantitative estimate of drug-likeness (QED) is 0.807. The summed E-state index contributed by atoms with van der Waals surface area (Å²) in [4.78, 5) is 14.3. The number of rotatable bonds is 6. The number of amides is 1. The Labute approximate surface area is 120 Å². The van der Waals surface area contributed by atoms with Gasteiger partial charge in [-0.25, -0.2) is 0 Å². The van der Waals surface area contributed by atoms with E-state index in [4.69, 9.17) is 10.5 Å². The van der Waals surface area contributed by atoms with Gasteiger partial charge >= 0.3 is 0 Å². The van der Waals surface area contributed by atoms with Crippen LogP contribution in [0.25, 0.3) is 0 Å². The minimum Gasteiger partial charge on any atom is -0.382 e. The molecule has 1 aliphatic heterocycles. The first-order chi connectivity index (χ1) is 9.77. The molecule has 1 aliphatic rings. The normalized spacial score (nSPS) is 17.9. The zero-order valence-electron chi connectivity index (χ0n) is 12.2. The Balaban J connectivity index is 2.00. The van der Waals surface area contributed by atoms with E-state index >= 15 is 0 Å². The first kappa shape index (κ1) is 15.0. The van der Waals surface area contributed by atoms with Crippen LogP contribution in [0.5, 0.6) is 0 Å². The molecule has 1 aromatic rings. The zero-order chi connectivity index (χ0) is 14.4. The molecule has 0 aliphatic carbocycles. The van der Waals surface area contributed by atoms with Gasteiger partial charge in [0.25, 0.3) is 0 Å². The van der Waals surface area contributed by atoms with Crippen molar-refractivity contribution in [2.24, 2.45) is 5.73 Å². The molecule has 1 heterocycles. The van der Waals surface area contributed by atoms with Gasteiger partial charge in [-0.2, -0.15) is 0 Å². The van der Waals surface area contributed by atoms with Gasteiger partial charge in [-0.15, -0.1) is 0 Å². The number of nitrogens with two attached hydrogens (primary N) is 1. The standard InChI is InChI=1S/C16H24N2O2/c1-2-20-11-5-8-16(19)18-10-9-13-6-3-4-7-14(13)15(18)12-17/h3-4,6-7,15H,2,5,8-12,17H2,1H3. The van der Waals surface area contributed by atoms with E-state index in [1.165, 1.54) is 11.1 Å². The summed E-state index contributed by atoms with van der Waals surface area (Å²) in [6.45, 7) is 4.57. The largest absolute Gasteiger partial charge is 0.382 e. The molecule has 110 valence electrons. The Bertz CT molecular complexity index is 448. The van der Waals surface area contributed by atoms with Crippen LogP contribution in [0.1, 0.15) is 36.9 Å². The highest BCUT2D eigenvalue weighted by Crippen LogP contribution is 2.29. The number of hydrogen-bond acceptors (Lipinski definition) is 3. The molecule has 0 saturated carbocycles. The molecule has 1 atom stereocenters. The molecule has 1 aromatic carbocycles. The average molecular weight is 276 g/mol. The van der Waals surface area contributed by atoms with E-state index in [9.17, 15) is 4.79 Å². The maximum Gasteiger partial charge on any atom is 0.223 e. The van der Waals surface area contributed by atoms with Crippen molar-refractivity contribution in [2.75, 3.05) is 26.3 Å². The van der Waals surface area contributed by atoms with E-state index < -0.39 is 0 Å². The molecule has 0 radical (unpaired) electrons. The second-order valence-electron chi connectivity index (χ2n) is 5.09. The first-order valence-corrected chi connectivity index (χ1v) is 7.43. The maximum absolute atomic E-state index is 12.4. The van der Waals surface area contributed by atoms with E-state index in [1.807, 2.05) is 24.0 Å². The number of fused-ring (bicyclic) bond motifs is 1. The topological polar surface area (TPSA) is 55.6 Å². The SMILES string of the molecule is CCOCCCC(=O)N1CCc2ccccc2C1CN. The molecule has 20 heavy (non-hydrogen) atoms. The van der Waals surface area contributed by atoms with Crippen molar-refractivity contribution in [3.8, 4) is 0 Å². The van der Waals surface area contributed by atoms with Gasteiger partial charge in [0.2, 0.25) is 5.91 Å². The highest BCUT2D eigenvalue weighted by molar-refractivity contribution is 5.77. The molecular weight excluding hydrogens is 252 g/mol. The van der Waals surface area contributed by atoms with Crippen molar-refractivity contribution in [3.63, 3.8) is 0 Å². The molecule has 4 nitrogen and oxygen atoms in total. The van der Waals surface area contributed by atoms with Crippen molar-refractivity contribution >= 4 is 5.91 Å². The van der Waals surface area contributed by atoms with Crippen LogP contribution in [0, 0.1) is 0 Å². The molecule has 2 rings (SSSR count). The fraction of sp³-hybridized carbons (Fsp3) is 0.562. The summed E-state index contributed by atoms with van der Waals surface area (Å²) in [6, 6.07) is 8.32. The fourth-order valence-electron chi connectivity index (χ4n) is 2.82. The van der Waals surface area contributed by atoms with Crippen molar-refractivity contribution in [1.29, 1.82) is 0 Å². The Morgan fingerprint density at radius 3 is 3.00 bits per heavy atom. The third-order valence-electron chi connectivity index (χ3n) is 3.84. The van der Waals surface area contributed by atoms with Gasteiger partial charge in [0, 0.05) is 32.7 Å². The summed E-state index contributed by atoms with van der Waals surface area (Å²) in [5.74, 6) is 0.189.